The summed E-state index contributed by atoms with van der Waals surface area (Å²) in [4.78, 5) is 23.4. The lowest BCUT2D eigenvalue weighted by atomic mass is 9.87. The van der Waals surface area contributed by atoms with Gasteiger partial charge in [0.2, 0.25) is 0 Å². The Bertz CT molecular complexity index is 544. The van der Waals surface area contributed by atoms with E-state index in [9.17, 15) is 14.0 Å². The Morgan fingerprint density at radius 3 is 2.68 bits per heavy atom. The molecule has 0 aliphatic heterocycles. The molecule has 1 fully saturated rings. The van der Waals surface area contributed by atoms with Crippen LogP contribution in [0.15, 0.2) is 22.7 Å². The lowest BCUT2D eigenvalue weighted by Gasteiger charge is -2.20. The monoisotopic (exact) mass is 371 g/mol. The average molecular weight is 372 g/mol. The Balaban J connectivity index is 1.73. The van der Waals surface area contributed by atoms with Crippen LogP contribution in [0.1, 0.15) is 38.5 Å². The van der Waals surface area contributed by atoms with Gasteiger partial charge in [0.15, 0.2) is 6.61 Å². The second kappa shape index (κ2) is 8.27. The second-order valence-corrected chi connectivity index (χ2v) is 6.46. The first-order valence-electron chi connectivity index (χ1n) is 7.45. The highest BCUT2D eigenvalue weighted by Crippen LogP contribution is 2.26. The minimum absolute atomic E-state index is 0.0662. The molecule has 0 bridgehead atoms. The summed E-state index contributed by atoms with van der Waals surface area (Å²) in [5, 5.41) is 2.38. The van der Waals surface area contributed by atoms with Crippen molar-refractivity contribution < 1.29 is 18.7 Å². The highest BCUT2D eigenvalue weighted by molar-refractivity contribution is 9.10. The Hall–Kier alpha value is -1.43. The van der Waals surface area contributed by atoms with Crippen molar-refractivity contribution in [2.75, 3.05) is 11.9 Å². The molecule has 1 aliphatic carbocycles. The first-order chi connectivity index (χ1) is 10.5. The number of anilines is 1. The predicted octanol–water partition coefficient (Wildman–Crippen LogP) is 4.04. The van der Waals surface area contributed by atoms with E-state index in [0.717, 1.165) is 25.7 Å². The standard InChI is InChI=1S/C16H19BrFNO3/c17-12-6-7-14(13(18)9-12)19-15(20)10-22-16(21)8-11-4-2-1-3-5-11/h6-7,9,11H,1-5,8,10H2,(H,19,20). The molecule has 0 unspecified atom stereocenters. The maximum absolute atomic E-state index is 13.6. The molecule has 0 atom stereocenters. The Morgan fingerprint density at radius 2 is 2.00 bits per heavy atom. The van der Waals surface area contributed by atoms with Gasteiger partial charge in [-0.1, -0.05) is 35.2 Å². The molecule has 1 saturated carbocycles. The molecule has 22 heavy (non-hydrogen) atoms. The number of esters is 1. The number of hydrogen-bond donors (Lipinski definition) is 1. The summed E-state index contributed by atoms with van der Waals surface area (Å²) in [5.41, 5.74) is 0.0662. The number of amides is 1. The lowest BCUT2D eigenvalue weighted by Crippen LogP contribution is -2.22. The molecular weight excluding hydrogens is 353 g/mol. The number of carbonyl (C=O) groups is 2. The Morgan fingerprint density at radius 1 is 1.27 bits per heavy atom. The van der Waals surface area contributed by atoms with E-state index >= 15 is 0 Å². The van der Waals surface area contributed by atoms with Crippen molar-refractivity contribution in [1.82, 2.24) is 0 Å². The third kappa shape index (κ3) is 5.40. The van der Waals surface area contributed by atoms with Gasteiger partial charge in [-0.15, -0.1) is 0 Å². The van der Waals surface area contributed by atoms with Gasteiger partial charge in [0.25, 0.3) is 5.91 Å². The van der Waals surface area contributed by atoms with Gasteiger partial charge in [-0.25, -0.2) is 4.39 Å². The first kappa shape index (κ1) is 16.9. The van der Waals surface area contributed by atoms with E-state index in [2.05, 4.69) is 21.2 Å². The molecule has 4 nitrogen and oxygen atoms in total. The predicted molar refractivity (Wildman–Crippen MR) is 84.9 cm³/mol. The number of ether oxygens (including phenoxy) is 1. The van der Waals surface area contributed by atoms with E-state index < -0.39 is 11.7 Å². The summed E-state index contributed by atoms with van der Waals surface area (Å²) in [6.07, 6.45) is 5.99. The maximum atomic E-state index is 13.6. The molecule has 1 N–H and O–H groups in total. The van der Waals surface area contributed by atoms with Gasteiger partial charge < -0.3 is 10.1 Å². The zero-order valence-electron chi connectivity index (χ0n) is 12.2. The van der Waals surface area contributed by atoms with E-state index in [0.29, 0.717) is 16.8 Å². The van der Waals surface area contributed by atoms with Crippen LogP contribution in [0.4, 0.5) is 10.1 Å². The minimum Gasteiger partial charge on any atom is -0.456 e. The summed E-state index contributed by atoms with van der Waals surface area (Å²) < 4.78 is 19.1. The van der Waals surface area contributed by atoms with Crippen LogP contribution in [0, 0.1) is 11.7 Å². The molecule has 0 saturated heterocycles. The Kier molecular flexibility index (Phi) is 6.36. The number of carbonyl (C=O) groups excluding carboxylic acids is 2. The van der Waals surface area contributed by atoms with Crippen molar-refractivity contribution in [1.29, 1.82) is 0 Å². The molecule has 0 radical (unpaired) electrons. The van der Waals surface area contributed by atoms with Crippen LogP contribution in [0.3, 0.4) is 0 Å². The van der Waals surface area contributed by atoms with Crippen molar-refractivity contribution >= 4 is 33.5 Å². The summed E-state index contributed by atoms with van der Waals surface area (Å²) in [6, 6.07) is 4.32. The number of hydrogen-bond acceptors (Lipinski definition) is 3. The smallest absolute Gasteiger partial charge is 0.306 e. The summed E-state index contributed by atoms with van der Waals surface area (Å²) in [7, 11) is 0. The Labute approximate surface area is 137 Å². The number of nitrogens with one attached hydrogen (secondary N) is 1. The van der Waals surface area contributed by atoms with Crippen LogP contribution in [0.5, 0.6) is 0 Å². The van der Waals surface area contributed by atoms with E-state index in [-0.39, 0.29) is 18.3 Å². The zero-order chi connectivity index (χ0) is 15.9. The van der Waals surface area contributed by atoms with E-state index in [1.807, 2.05) is 0 Å². The van der Waals surface area contributed by atoms with Crippen molar-refractivity contribution in [2.45, 2.75) is 38.5 Å². The van der Waals surface area contributed by atoms with Gasteiger partial charge >= 0.3 is 5.97 Å². The SMILES string of the molecule is O=C(COC(=O)CC1CCCCC1)Nc1ccc(Br)cc1F. The molecule has 0 spiro atoms. The van der Waals surface area contributed by atoms with Gasteiger partial charge in [0, 0.05) is 10.9 Å². The highest BCUT2D eigenvalue weighted by atomic mass is 79.9. The highest BCUT2D eigenvalue weighted by Gasteiger charge is 2.18. The molecule has 1 aromatic carbocycles. The largest absolute Gasteiger partial charge is 0.456 e. The number of rotatable bonds is 5. The summed E-state index contributed by atoms with van der Waals surface area (Å²) in [6.45, 7) is -0.388. The molecule has 0 aromatic heterocycles. The lowest BCUT2D eigenvalue weighted by molar-refractivity contribution is -0.148. The fraction of sp³-hybridized carbons (Fsp3) is 0.500. The molecule has 2 rings (SSSR count). The van der Waals surface area contributed by atoms with Crippen molar-refractivity contribution in [2.24, 2.45) is 5.92 Å². The topological polar surface area (TPSA) is 55.4 Å². The fourth-order valence-electron chi connectivity index (χ4n) is 2.61. The minimum atomic E-state index is -0.545. The molecule has 1 aromatic rings. The summed E-state index contributed by atoms with van der Waals surface area (Å²) >= 11 is 3.14. The van der Waals surface area contributed by atoms with Crippen LogP contribution >= 0.6 is 15.9 Å². The first-order valence-corrected chi connectivity index (χ1v) is 8.24. The van der Waals surface area contributed by atoms with Gasteiger partial charge in [-0.2, -0.15) is 0 Å². The molecule has 1 amide bonds. The third-order valence-corrected chi connectivity index (χ3v) is 4.24. The quantitative estimate of drug-likeness (QED) is 0.794. The number of benzene rings is 1. The van der Waals surface area contributed by atoms with Gasteiger partial charge in [-0.3, -0.25) is 9.59 Å². The van der Waals surface area contributed by atoms with Crippen LogP contribution in [0.2, 0.25) is 0 Å². The van der Waals surface area contributed by atoms with Gasteiger partial charge in [0.05, 0.1) is 5.69 Å². The van der Waals surface area contributed by atoms with Crippen molar-refractivity contribution in [3.05, 3.63) is 28.5 Å². The maximum Gasteiger partial charge on any atom is 0.306 e. The van der Waals surface area contributed by atoms with Crippen LogP contribution in [0.25, 0.3) is 0 Å². The van der Waals surface area contributed by atoms with E-state index in [1.54, 1.807) is 6.07 Å². The molecular formula is C16H19BrFNO3. The number of halogens is 2. The zero-order valence-corrected chi connectivity index (χ0v) is 13.8. The average Bonchev–Trinajstić information content (AvgIpc) is 2.49. The van der Waals surface area contributed by atoms with Crippen LogP contribution < -0.4 is 5.32 Å². The third-order valence-electron chi connectivity index (χ3n) is 3.75. The normalized spacial score (nSPS) is 15.4. The van der Waals surface area contributed by atoms with Crippen molar-refractivity contribution in [3.8, 4) is 0 Å². The summed E-state index contributed by atoms with van der Waals surface area (Å²) in [5.74, 6) is -1.08. The molecule has 120 valence electrons. The van der Waals surface area contributed by atoms with Crippen molar-refractivity contribution in [3.63, 3.8) is 0 Å². The van der Waals surface area contributed by atoms with E-state index in [4.69, 9.17) is 4.74 Å². The van der Waals surface area contributed by atoms with Gasteiger partial charge in [0.1, 0.15) is 5.82 Å². The molecule has 6 heteroatoms. The molecule has 1 aliphatic rings. The molecule has 0 heterocycles. The fourth-order valence-corrected chi connectivity index (χ4v) is 2.94. The van der Waals surface area contributed by atoms with Gasteiger partial charge in [-0.05, 0) is 37.0 Å². The van der Waals surface area contributed by atoms with Crippen LogP contribution in [-0.2, 0) is 14.3 Å². The van der Waals surface area contributed by atoms with Crippen LogP contribution in [-0.4, -0.2) is 18.5 Å². The second-order valence-electron chi connectivity index (χ2n) is 5.54. The van der Waals surface area contributed by atoms with E-state index in [1.165, 1.54) is 18.6 Å².